The highest BCUT2D eigenvalue weighted by molar-refractivity contribution is 7.20. The molecule has 11 nitrogen and oxygen atoms in total. The van der Waals surface area contributed by atoms with Gasteiger partial charge < -0.3 is 18.6 Å². The lowest BCUT2D eigenvalue weighted by Crippen LogP contribution is -2.69. The Morgan fingerprint density at radius 3 is 1.96 bits per heavy atom. The third-order valence-corrected chi connectivity index (χ3v) is 16.4. The van der Waals surface area contributed by atoms with Crippen molar-refractivity contribution in [2.24, 2.45) is 5.41 Å². The zero-order chi connectivity index (χ0) is 41.9. The lowest BCUT2D eigenvalue weighted by molar-refractivity contribution is -0.144. The Labute approximate surface area is 338 Å². The number of nitriles is 1. The van der Waals surface area contributed by atoms with Crippen LogP contribution in [0.2, 0.25) is 5.04 Å². The van der Waals surface area contributed by atoms with Gasteiger partial charge in [0.1, 0.15) is 27.1 Å². The van der Waals surface area contributed by atoms with Gasteiger partial charge in [0.15, 0.2) is 0 Å². The third-order valence-electron chi connectivity index (χ3n) is 10.2. The van der Waals surface area contributed by atoms with E-state index in [0.29, 0.717) is 16.9 Å². The molecule has 0 aliphatic rings. The average Bonchev–Trinajstić information content (AvgIpc) is 3.53. The highest BCUT2D eigenvalue weighted by Crippen LogP contribution is 2.39. The van der Waals surface area contributed by atoms with Crippen LogP contribution in [-0.4, -0.2) is 49.7 Å². The number of rotatable bonds is 14. The number of aromatic nitrogens is 2. The minimum atomic E-state index is -3.49. The van der Waals surface area contributed by atoms with Crippen molar-refractivity contribution in [2.75, 3.05) is 20.3 Å². The molecule has 57 heavy (non-hydrogen) atoms. The monoisotopic (exact) mass is 809 g/mol. The predicted octanol–water partition coefficient (Wildman–Crippen LogP) is 6.86. The quantitative estimate of drug-likeness (QED) is 0.0870. The molecule has 0 amide bonds. The second-order valence-electron chi connectivity index (χ2n) is 16.1. The zero-order valence-electron chi connectivity index (χ0n) is 34.3. The molecule has 0 radical (unpaired) electrons. The molecule has 300 valence electrons. The lowest BCUT2D eigenvalue weighted by Gasteiger charge is -2.43. The van der Waals surface area contributed by atoms with Crippen molar-refractivity contribution in [1.29, 1.82) is 5.26 Å². The Morgan fingerprint density at radius 2 is 1.44 bits per heavy atom. The summed E-state index contributed by atoms with van der Waals surface area (Å²) in [6, 6.07) is 28.6. The third kappa shape index (κ3) is 8.12. The van der Waals surface area contributed by atoms with Gasteiger partial charge in [-0.2, -0.15) is 5.26 Å². The molecule has 2 heterocycles. The fourth-order valence-electron chi connectivity index (χ4n) is 7.08. The number of hydrogen-bond donors (Lipinski definition) is 0. The first-order valence-corrected chi connectivity index (χ1v) is 21.6. The molecular weight excluding hydrogens is 759 g/mol. The van der Waals surface area contributed by atoms with E-state index in [1.165, 1.54) is 25.5 Å². The number of nitrogens with zero attached hydrogens (tertiary/aromatic N) is 3. The Kier molecular flexibility index (Phi) is 12.5. The largest absolute Gasteiger partial charge is 0.508 e. The normalized spacial score (nSPS) is 12.9. The number of benzene rings is 3. The number of carbonyl (C=O) groups excluding carboxylic acids is 2. The van der Waals surface area contributed by atoms with E-state index in [9.17, 15) is 14.9 Å². The standard InChI is InChI=1S/C44H51N3O8SSi/c1-11-53-39(49)36-29(2)35-37(48)47(41(51)46(38(35)56-36)26-34(54-28-43(6,7)27-45)32-24-18-19-25-33(32)52-10)44(8,9)40(50)55-57(42(3,4)5,30-20-14-12-15-21-30)31-22-16-13-17-23-31/h12-25,34H,11,26,28H2,1-10H3/t34-/m0/s1. The van der Waals surface area contributed by atoms with Gasteiger partial charge in [-0.3, -0.25) is 14.2 Å². The minimum Gasteiger partial charge on any atom is -0.508 e. The number of carbonyl (C=O) groups is 2. The number of hydrogen-bond acceptors (Lipinski definition) is 10. The van der Waals surface area contributed by atoms with Crippen LogP contribution in [-0.2, 0) is 30.8 Å². The molecule has 2 aromatic heterocycles. The van der Waals surface area contributed by atoms with Crippen molar-refractivity contribution >= 4 is 52.2 Å². The summed E-state index contributed by atoms with van der Waals surface area (Å²) < 4.78 is 26.7. The van der Waals surface area contributed by atoms with E-state index >= 15 is 9.59 Å². The topological polar surface area (TPSA) is 139 Å². The predicted molar refractivity (Wildman–Crippen MR) is 225 cm³/mol. The Hall–Kier alpha value is -5.29. The number of para-hydroxylation sites is 1. The SMILES string of the molecule is CCOC(=O)c1sc2c(c1C)c(=O)n(C(C)(C)C(=O)O[Si](c1ccccc1)(c1ccccc1)C(C)(C)C)c(=O)n2C[C@H](OCC(C)(C)C#N)c1ccccc1OC. The average molecular weight is 810 g/mol. The molecule has 0 saturated heterocycles. The summed E-state index contributed by atoms with van der Waals surface area (Å²) in [7, 11) is -1.97. The van der Waals surface area contributed by atoms with Crippen molar-refractivity contribution in [3.8, 4) is 11.8 Å². The fraction of sp³-hybridized carbons (Fsp3) is 0.386. The van der Waals surface area contributed by atoms with Crippen molar-refractivity contribution < 1.29 is 28.2 Å². The molecule has 0 N–H and O–H groups in total. The molecular formula is C44H51N3O8SSi. The summed E-state index contributed by atoms with van der Waals surface area (Å²) in [5.74, 6) is -0.924. The molecule has 0 saturated carbocycles. The van der Waals surface area contributed by atoms with Gasteiger partial charge in [0.2, 0.25) is 0 Å². The van der Waals surface area contributed by atoms with Gasteiger partial charge in [-0.15, -0.1) is 11.3 Å². The fourth-order valence-corrected chi connectivity index (χ4v) is 12.7. The van der Waals surface area contributed by atoms with Crippen LogP contribution < -0.4 is 26.4 Å². The summed E-state index contributed by atoms with van der Waals surface area (Å²) in [4.78, 5) is 58.7. The van der Waals surface area contributed by atoms with E-state index in [1.54, 1.807) is 52.0 Å². The lowest BCUT2D eigenvalue weighted by atomic mass is 9.97. The van der Waals surface area contributed by atoms with Crippen molar-refractivity contribution in [3.05, 3.63) is 122 Å². The van der Waals surface area contributed by atoms with Crippen LogP contribution in [0.1, 0.15) is 82.3 Å². The molecule has 0 aliphatic heterocycles. The number of esters is 1. The van der Waals surface area contributed by atoms with Gasteiger partial charge >= 0.3 is 25.9 Å². The van der Waals surface area contributed by atoms with Gasteiger partial charge in [0.05, 0.1) is 43.7 Å². The molecule has 0 bridgehead atoms. The number of fused-ring (bicyclic) bond motifs is 1. The molecule has 5 aromatic rings. The summed E-state index contributed by atoms with van der Waals surface area (Å²) in [6.45, 7) is 15.8. The van der Waals surface area contributed by atoms with Gasteiger partial charge in [-0.1, -0.05) is 99.6 Å². The molecule has 3 aromatic carbocycles. The van der Waals surface area contributed by atoms with Gasteiger partial charge in [-0.25, -0.2) is 14.2 Å². The second kappa shape index (κ2) is 16.7. The smallest absolute Gasteiger partial charge is 0.348 e. The van der Waals surface area contributed by atoms with E-state index in [1.807, 2.05) is 81.4 Å². The molecule has 0 unspecified atom stereocenters. The van der Waals surface area contributed by atoms with Crippen molar-refractivity contribution in [2.45, 2.75) is 85.5 Å². The Bertz CT molecular complexity index is 2380. The maximum atomic E-state index is 15.1. The Morgan fingerprint density at radius 1 is 0.877 bits per heavy atom. The maximum absolute atomic E-state index is 15.1. The van der Waals surface area contributed by atoms with Gasteiger partial charge in [-0.05, 0) is 68.6 Å². The number of ether oxygens (including phenoxy) is 3. The van der Waals surface area contributed by atoms with E-state index < -0.39 is 53.6 Å². The van der Waals surface area contributed by atoms with Gasteiger partial charge in [0, 0.05) is 5.56 Å². The molecule has 5 rings (SSSR count). The van der Waals surface area contributed by atoms with Crippen LogP contribution in [0.5, 0.6) is 5.75 Å². The van der Waals surface area contributed by atoms with Crippen molar-refractivity contribution in [3.63, 3.8) is 0 Å². The number of methoxy groups -OCH3 is 1. The van der Waals surface area contributed by atoms with Gasteiger partial charge in [0.25, 0.3) is 5.56 Å². The summed E-state index contributed by atoms with van der Waals surface area (Å²) >= 11 is 0.964. The van der Waals surface area contributed by atoms with Crippen LogP contribution in [0, 0.1) is 23.7 Å². The summed E-state index contributed by atoms with van der Waals surface area (Å²) in [6.07, 6.45) is -0.874. The molecule has 0 fully saturated rings. The first-order chi connectivity index (χ1) is 26.9. The first-order valence-electron chi connectivity index (χ1n) is 18.8. The molecule has 1 atom stereocenters. The molecule has 0 spiro atoms. The van der Waals surface area contributed by atoms with Crippen LogP contribution in [0.15, 0.2) is 94.5 Å². The number of thiophene rings is 1. The molecule has 0 aliphatic carbocycles. The van der Waals surface area contributed by atoms with E-state index in [2.05, 4.69) is 6.07 Å². The zero-order valence-corrected chi connectivity index (χ0v) is 36.1. The maximum Gasteiger partial charge on any atom is 0.348 e. The van der Waals surface area contributed by atoms with Crippen LogP contribution in [0.25, 0.3) is 10.2 Å². The van der Waals surface area contributed by atoms with E-state index in [-0.39, 0.29) is 34.9 Å². The second-order valence-corrected chi connectivity index (χ2v) is 21.4. The Balaban J connectivity index is 1.79. The van der Waals surface area contributed by atoms with E-state index in [0.717, 1.165) is 26.3 Å². The summed E-state index contributed by atoms with van der Waals surface area (Å²) in [5.41, 5.74) is -3.40. The minimum absolute atomic E-state index is 0.00238. The van der Waals surface area contributed by atoms with Crippen LogP contribution in [0.4, 0.5) is 0 Å². The van der Waals surface area contributed by atoms with Crippen LogP contribution in [0.3, 0.4) is 0 Å². The molecule has 13 heteroatoms. The number of aryl methyl sites for hydroxylation is 1. The first kappa shape index (κ1) is 42.8. The van der Waals surface area contributed by atoms with Crippen LogP contribution >= 0.6 is 11.3 Å². The highest BCUT2D eigenvalue weighted by Gasteiger charge is 2.55. The summed E-state index contributed by atoms with van der Waals surface area (Å²) in [5, 5.41) is 11.0. The van der Waals surface area contributed by atoms with Crippen molar-refractivity contribution in [1.82, 2.24) is 9.13 Å². The van der Waals surface area contributed by atoms with E-state index in [4.69, 9.17) is 18.6 Å². The highest BCUT2D eigenvalue weighted by atomic mass is 32.1.